The Hall–Kier alpha value is -2.03. The second-order valence-electron chi connectivity index (χ2n) is 7.18. The molecule has 1 aliphatic rings. The molecular weight excluding hydrogens is 462 g/mol. The third-order valence-electron chi connectivity index (χ3n) is 5.30. The highest BCUT2D eigenvalue weighted by Gasteiger charge is 2.55. The molecular formula is C20H16Cl2F3NO3S. The molecule has 4 nitrogen and oxygen atoms in total. The highest BCUT2D eigenvalue weighted by Crippen LogP contribution is 2.52. The van der Waals surface area contributed by atoms with Crippen molar-refractivity contribution in [2.45, 2.75) is 29.7 Å². The van der Waals surface area contributed by atoms with Gasteiger partial charge in [-0.1, -0.05) is 39.8 Å². The lowest BCUT2D eigenvalue weighted by atomic mass is 9.74. The Morgan fingerprint density at radius 3 is 2.40 bits per heavy atom. The first kappa shape index (κ1) is 22.7. The normalized spacial score (nSPS) is 19.7. The first-order valence-corrected chi connectivity index (χ1v) is 11.3. The summed E-state index contributed by atoms with van der Waals surface area (Å²) < 4.78 is 69.0. The van der Waals surface area contributed by atoms with E-state index in [2.05, 4.69) is 6.58 Å². The fraction of sp³-hybridized carbons (Fsp3) is 0.250. The van der Waals surface area contributed by atoms with E-state index in [0.29, 0.717) is 17.9 Å². The number of amides is 1. The van der Waals surface area contributed by atoms with Gasteiger partial charge in [0, 0.05) is 17.7 Å². The van der Waals surface area contributed by atoms with Crippen molar-refractivity contribution in [3.8, 4) is 0 Å². The van der Waals surface area contributed by atoms with Crippen LogP contribution in [0.25, 0.3) is 0 Å². The number of carbonyl (C=O) groups is 1. The number of nitrogens with zero attached hydrogens (tertiary/aromatic N) is 1. The maximum absolute atomic E-state index is 15.4. The maximum Gasteiger partial charge on any atom is 0.282 e. The van der Waals surface area contributed by atoms with E-state index >= 15 is 8.87 Å². The lowest BCUT2D eigenvalue weighted by Crippen LogP contribution is -2.41. The number of fused-ring (bicyclic) bond motifs is 1. The van der Waals surface area contributed by atoms with Crippen LogP contribution in [-0.4, -0.2) is 25.7 Å². The van der Waals surface area contributed by atoms with Gasteiger partial charge in [0.25, 0.3) is 5.91 Å². The second kappa shape index (κ2) is 7.59. The molecule has 0 bridgehead atoms. The molecule has 30 heavy (non-hydrogen) atoms. The van der Waals surface area contributed by atoms with E-state index in [0.717, 1.165) is 0 Å². The average molecular weight is 478 g/mol. The number of sulfone groups is 1. The minimum atomic E-state index is -4.35. The summed E-state index contributed by atoms with van der Waals surface area (Å²) in [7, 11) is -4.35. The summed E-state index contributed by atoms with van der Waals surface area (Å²) in [4.78, 5) is 11.3. The van der Waals surface area contributed by atoms with E-state index in [1.54, 1.807) is 0 Å². The molecule has 1 heterocycles. The SMILES string of the molecule is C=CCC(c1ccc(Cl)c(Cl)c1)C1(C)c2c(cc(F)c(S(C)(=O)=O)c2F)C(=O)N1F. The molecule has 2 unspecified atom stereocenters. The van der Waals surface area contributed by atoms with Crippen LogP contribution in [0.3, 0.4) is 0 Å². The monoisotopic (exact) mass is 477 g/mol. The molecule has 0 radical (unpaired) electrons. The number of hydrogen-bond acceptors (Lipinski definition) is 3. The molecule has 160 valence electrons. The second-order valence-corrected chi connectivity index (χ2v) is 9.95. The largest absolute Gasteiger partial charge is 0.282 e. The molecule has 0 N–H and O–H groups in total. The van der Waals surface area contributed by atoms with E-state index in [9.17, 15) is 17.6 Å². The Bertz CT molecular complexity index is 1190. The van der Waals surface area contributed by atoms with E-state index in [1.165, 1.54) is 31.2 Å². The van der Waals surface area contributed by atoms with Gasteiger partial charge in [0.05, 0.1) is 15.6 Å². The van der Waals surface area contributed by atoms with Crippen molar-refractivity contribution < 1.29 is 26.5 Å². The van der Waals surface area contributed by atoms with Gasteiger partial charge in [0.2, 0.25) is 0 Å². The number of rotatable bonds is 5. The number of halogens is 5. The van der Waals surface area contributed by atoms with Crippen LogP contribution < -0.4 is 0 Å². The molecule has 0 aromatic heterocycles. The number of carbonyl (C=O) groups excluding carboxylic acids is 1. The fourth-order valence-corrected chi connectivity index (χ4v) is 5.06. The van der Waals surface area contributed by atoms with Crippen LogP contribution in [0.5, 0.6) is 0 Å². The fourth-order valence-electron chi connectivity index (χ4n) is 3.92. The first-order chi connectivity index (χ1) is 13.9. The smallest absolute Gasteiger partial charge is 0.266 e. The first-order valence-electron chi connectivity index (χ1n) is 8.64. The van der Waals surface area contributed by atoms with Gasteiger partial charge in [-0.25, -0.2) is 17.2 Å². The number of benzene rings is 2. The highest BCUT2D eigenvalue weighted by molar-refractivity contribution is 7.90. The predicted octanol–water partition coefficient (Wildman–Crippen LogP) is 5.59. The van der Waals surface area contributed by atoms with Crippen LogP contribution in [-0.2, 0) is 15.4 Å². The summed E-state index contributed by atoms with van der Waals surface area (Å²) in [6, 6.07) is 4.98. The minimum Gasteiger partial charge on any atom is -0.266 e. The Balaban J connectivity index is 2.38. The molecule has 0 spiro atoms. The van der Waals surface area contributed by atoms with Crippen molar-refractivity contribution in [1.82, 2.24) is 5.12 Å². The van der Waals surface area contributed by atoms with Crippen LogP contribution in [0.2, 0.25) is 10.0 Å². The molecule has 2 atom stereocenters. The van der Waals surface area contributed by atoms with Gasteiger partial charge >= 0.3 is 0 Å². The molecule has 1 aliphatic heterocycles. The summed E-state index contributed by atoms with van der Waals surface area (Å²) >= 11 is 12.0. The summed E-state index contributed by atoms with van der Waals surface area (Å²) in [6.45, 7) is 4.86. The van der Waals surface area contributed by atoms with Gasteiger partial charge in [-0.05, 0) is 37.1 Å². The van der Waals surface area contributed by atoms with Gasteiger partial charge in [0.1, 0.15) is 16.3 Å². The Kier molecular flexibility index (Phi) is 5.73. The third kappa shape index (κ3) is 3.31. The van der Waals surface area contributed by atoms with Crippen molar-refractivity contribution in [3.63, 3.8) is 0 Å². The van der Waals surface area contributed by atoms with Gasteiger partial charge in [-0.15, -0.1) is 6.58 Å². The lowest BCUT2D eigenvalue weighted by molar-refractivity contribution is -0.0520. The van der Waals surface area contributed by atoms with E-state index < -0.39 is 54.9 Å². The number of allylic oxidation sites excluding steroid dienone is 1. The van der Waals surface area contributed by atoms with Crippen LogP contribution in [0, 0.1) is 11.6 Å². The van der Waals surface area contributed by atoms with Crippen LogP contribution in [0.15, 0.2) is 41.8 Å². The van der Waals surface area contributed by atoms with Gasteiger partial charge in [-0.3, -0.25) is 4.79 Å². The van der Waals surface area contributed by atoms with Crippen LogP contribution in [0.1, 0.15) is 40.7 Å². The summed E-state index contributed by atoms with van der Waals surface area (Å²) in [6.07, 6.45) is 2.13. The standard InChI is InChI=1S/C20H16Cl2F3NO3S/c1-4-5-12(10-6-7-13(21)14(22)8-10)20(2)16-11(19(27)26(20)25)9-15(23)18(17(16)24)30(3,28)29/h4,6-9,12H,1,5H2,2-3H3. The van der Waals surface area contributed by atoms with E-state index in [4.69, 9.17) is 23.2 Å². The molecule has 10 heteroatoms. The predicted molar refractivity (Wildman–Crippen MR) is 108 cm³/mol. The molecule has 3 rings (SSSR count). The van der Waals surface area contributed by atoms with Gasteiger partial charge in [0.15, 0.2) is 15.7 Å². The molecule has 0 saturated heterocycles. The Morgan fingerprint density at radius 1 is 1.23 bits per heavy atom. The topological polar surface area (TPSA) is 54.5 Å². The van der Waals surface area contributed by atoms with Crippen molar-refractivity contribution in [2.24, 2.45) is 0 Å². The molecule has 0 saturated carbocycles. The van der Waals surface area contributed by atoms with Crippen LogP contribution >= 0.6 is 23.2 Å². The van der Waals surface area contributed by atoms with Gasteiger partial charge < -0.3 is 0 Å². The third-order valence-corrected chi connectivity index (χ3v) is 7.15. The summed E-state index contributed by atoms with van der Waals surface area (Å²) in [5.41, 5.74) is -2.74. The Morgan fingerprint density at radius 2 is 1.87 bits per heavy atom. The average Bonchev–Trinajstić information content (AvgIpc) is 2.83. The minimum absolute atomic E-state index is 0.0621. The Labute approximate surface area is 181 Å². The molecule has 1 amide bonds. The zero-order valence-electron chi connectivity index (χ0n) is 15.8. The number of hydrogen-bond donors (Lipinski definition) is 0. The van der Waals surface area contributed by atoms with Crippen LogP contribution in [0.4, 0.5) is 13.3 Å². The van der Waals surface area contributed by atoms with Crippen molar-refractivity contribution in [3.05, 3.63) is 75.3 Å². The van der Waals surface area contributed by atoms with Gasteiger partial charge in [-0.2, -0.15) is 5.12 Å². The summed E-state index contributed by atoms with van der Waals surface area (Å²) in [5.74, 6) is -5.18. The van der Waals surface area contributed by atoms with E-state index in [-0.39, 0.29) is 21.6 Å². The maximum atomic E-state index is 15.4. The highest BCUT2D eigenvalue weighted by atomic mass is 35.5. The zero-order chi connectivity index (χ0) is 22.6. The van der Waals surface area contributed by atoms with Crippen molar-refractivity contribution in [2.75, 3.05) is 6.26 Å². The molecule has 0 aliphatic carbocycles. The quantitative estimate of drug-likeness (QED) is 0.416. The van der Waals surface area contributed by atoms with Crippen molar-refractivity contribution >= 4 is 38.9 Å². The molecule has 2 aromatic rings. The summed E-state index contributed by atoms with van der Waals surface area (Å²) in [5, 5.41) is 0.178. The lowest BCUT2D eigenvalue weighted by Gasteiger charge is -2.37. The zero-order valence-corrected chi connectivity index (χ0v) is 18.2. The van der Waals surface area contributed by atoms with Crippen molar-refractivity contribution in [1.29, 1.82) is 0 Å². The van der Waals surface area contributed by atoms with E-state index in [1.807, 2.05) is 0 Å². The molecule has 0 fully saturated rings. The molecule has 2 aromatic carbocycles.